The number of nitrogens with one attached hydrogen (secondary N) is 2. The van der Waals surface area contributed by atoms with Crippen molar-refractivity contribution in [3.63, 3.8) is 0 Å². The largest absolute Gasteiger partial charge is 0.307 e. The lowest BCUT2D eigenvalue weighted by molar-refractivity contribution is 0.601. The molecule has 0 radical (unpaired) electrons. The summed E-state index contributed by atoms with van der Waals surface area (Å²) in [5, 5.41) is 0.428. The number of aromatic nitrogens is 1. The number of nitrogens with zero attached hydrogens (tertiary/aromatic N) is 1. The molecule has 9 heteroatoms. The van der Waals surface area contributed by atoms with Crippen LogP contribution in [0.1, 0.15) is 5.56 Å². The fourth-order valence-electron chi connectivity index (χ4n) is 1.66. The van der Waals surface area contributed by atoms with E-state index in [-0.39, 0.29) is 26.4 Å². The van der Waals surface area contributed by atoms with Crippen molar-refractivity contribution in [1.82, 2.24) is 4.98 Å². The molecule has 0 saturated heterocycles. The van der Waals surface area contributed by atoms with E-state index in [1.165, 1.54) is 18.3 Å². The molecule has 0 amide bonds. The zero-order valence-corrected chi connectivity index (χ0v) is 13.2. The van der Waals surface area contributed by atoms with Gasteiger partial charge in [0.1, 0.15) is 4.90 Å². The fraction of sp³-hybridized carbons (Fsp3) is 0.0833. The van der Waals surface area contributed by atoms with Gasteiger partial charge in [0.05, 0.1) is 15.7 Å². The number of benzene rings is 1. The predicted octanol–water partition coefficient (Wildman–Crippen LogP) is 2.78. The molecule has 0 atom stereocenters. The summed E-state index contributed by atoms with van der Waals surface area (Å²) in [6, 6.07) is 6.10. The molecule has 112 valence electrons. The first kappa shape index (κ1) is 15.8. The Morgan fingerprint density at radius 1 is 1.24 bits per heavy atom. The quantitative estimate of drug-likeness (QED) is 0.584. The SMILES string of the molecule is Cc1ccc(Cl)c(NS(=O)(=O)c2cccnc2NN)c1Cl. The van der Waals surface area contributed by atoms with Crippen molar-refractivity contribution < 1.29 is 8.42 Å². The van der Waals surface area contributed by atoms with Crippen LogP contribution >= 0.6 is 23.2 Å². The van der Waals surface area contributed by atoms with Gasteiger partial charge in [0.15, 0.2) is 5.82 Å². The van der Waals surface area contributed by atoms with Crippen LogP contribution in [0.4, 0.5) is 11.5 Å². The smallest absolute Gasteiger partial charge is 0.265 e. The van der Waals surface area contributed by atoms with Gasteiger partial charge in [0, 0.05) is 6.20 Å². The summed E-state index contributed by atoms with van der Waals surface area (Å²) in [6.07, 6.45) is 1.42. The molecule has 0 aliphatic rings. The van der Waals surface area contributed by atoms with Gasteiger partial charge in [0.25, 0.3) is 10.0 Å². The zero-order chi connectivity index (χ0) is 15.6. The van der Waals surface area contributed by atoms with Gasteiger partial charge >= 0.3 is 0 Å². The third-order valence-electron chi connectivity index (χ3n) is 2.72. The van der Waals surface area contributed by atoms with Crippen LogP contribution in [-0.4, -0.2) is 13.4 Å². The van der Waals surface area contributed by atoms with Gasteiger partial charge < -0.3 is 5.43 Å². The van der Waals surface area contributed by atoms with Crippen molar-refractivity contribution in [2.45, 2.75) is 11.8 Å². The average Bonchev–Trinajstić information content (AvgIpc) is 2.47. The first-order valence-electron chi connectivity index (χ1n) is 5.76. The number of aryl methyl sites for hydroxylation is 1. The lowest BCUT2D eigenvalue weighted by Gasteiger charge is -2.14. The Morgan fingerprint density at radius 3 is 2.62 bits per heavy atom. The zero-order valence-electron chi connectivity index (χ0n) is 10.9. The van der Waals surface area contributed by atoms with Crippen molar-refractivity contribution in [3.05, 3.63) is 46.1 Å². The van der Waals surface area contributed by atoms with E-state index in [0.29, 0.717) is 5.56 Å². The predicted molar refractivity (Wildman–Crippen MR) is 84.1 cm³/mol. The van der Waals surface area contributed by atoms with Crippen molar-refractivity contribution in [2.24, 2.45) is 5.84 Å². The summed E-state index contributed by atoms with van der Waals surface area (Å²) in [6.45, 7) is 1.74. The Bertz CT molecular complexity index is 781. The summed E-state index contributed by atoms with van der Waals surface area (Å²) >= 11 is 12.1. The van der Waals surface area contributed by atoms with Gasteiger partial charge in [-0.2, -0.15) is 0 Å². The third-order valence-corrected chi connectivity index (χ3v) is 4.90. The molecule has 2 rings (SSSR count). The molecule has 0 saturated carbocycles. The molecule has 4 N–H and O–H groups in total. The van der Waals surface area contributed by atoms with E-state index < -0.39 is 10.0 Å². The highest BCUT2D eigenvalue weighted by Crippen LogP contribution is 2.35. The molecule has 0 aliphatic heterocycles. The second-order valence-electron chi connectivity index (χ2n) is 4.15. The maximum Gasteiger partial charge on any atom is 0.265 e. The summed E-state index contributed by atoms with van der Waals surface area (Å²) in [5.74, 6) is 5.29. The lowest BCUT2D eigenvalue weighted by Crippen LogP contribution is -2.19. The Hall–Kier alpha value is -1.54. The summed E-state index contributed by atoms with van der Waals surface area (Å²) < 4.78 is 27.2. The third kappa shape index (κ3) is 3.21. The Labute approximate surface area is 132 Å². The Morgan fingerprint density at radius 2 is 1.95 bits per heavy atom. The molecule has 6 nitrogen and oxygen atoms in total. The van der Waals surface area contributed by atoms with Crippen LogP contribution < -0.4 is 16.0 Å². The standard InChI is InChI=1S/C12H12Cl2N4O2S/c1-7-4-5-8(13)11(10(7)14)18-21(19,20)9-3-2-6-16-12(9)17-15/h2-6,18H,15H2,1H3,(H,16,17). The average molecular weight is 347 g/mol. The van der Waals surface area contributed by atoms with Crippen LogP contribution in [0.3, 0.4) is 0 Å². The van der Waals surface area contributed by atoms with E-state index in [0.717, 1.165) is 0 Å². The number of nitrogen functional groups attached to an aromatic ring is 1. The summed E-state index contributed by atoms with van der Waals surface area (Å²) in [5.41, 5.74) is 3.04. The van der Waals surface area contributed by atoms with Crippen LogP contribution in [0.25, 0.3) is 0 Å². The van der Waals surface area contributed by atoms with E-state index in [4.69, 9.17) is 29.0 Å². The van der Waals surface area contributed by atoms with Crippen LogP contribution in [0.2, 0.25) is 10.0 Å². The normalized spacial score (nSPS) is 11.2. The van der Waals surface area contributed by atoms with E-state index in [9.17, 15) is 8.42 Å². The number of anilines is 2. The Kier molecular flexibility index (Phi) is 4.58. The van der Waals surface area contributed by atoms with Crippen molar-refractivity contribution >= 4 is 44.7 Å². The molecule has 1 heterocycles. The highest BCUT2D eigenvalue weighted by molar-refractivity contribution is 7.93. The highest BCUT2D eigenvalue weighted by atomic mass is 35.5. The van der Waals surface area contributed by atoms with Crippen molar-refractivity contribution in [1.29, 1.82) is 0 Å². The summed E-state index contributed by atoms with van der Waals surface area (Å²) in [7, 11) is -3.94. The van der Waals surface area contributed by atoms with E-state index in [1.807, 2.05) is 0 Å². The molecular weight excluding hydrogens is 335 g/mol. The van der Waals surface area contributed by atoms with Crippen LogP contribution in [-0.2, 0) is 10.0 Å². The number of sulfonamides is 1. The summed E-state index contributed by atoms with van der Waals surface area (Å²) in [4.78, 5) is 3.74. The molecule has 0 unspecified atom stereocenters. The minimum atomic E-state index is -3.94. The number of rotatable bonds is 4. The van der Waals surface area contributed by atoms with Crippen LogP contribution in [0.15, 0.2) is 35.4 Å². The molecule has 0 aliphatic carbocycles. The molecular formula is C12H12Cl2N4O2S. The second kappa shape index (κ2) is 6.07. The lowest BCUT2D eigenvalue weighted by atomic mass is 10.2. The maximum atomic E-state index is 12.4. The number of halogens is 2. The van der Waals surface area contributed by atoms with Crippen LogP contribution in [0.5, 0.6) is 0 Å². The topological polar surface area (TPSA) is 97.1 Å². The molecule has 0 spiro atoms. The molecule has 1 aromatic heterocycles. The van der Waals surface area contributed by atoms with Crippen molar-refractivity contribution in [3.8, 4) is 0 Å². The van der Waals surface area contributed by atoms with Crippen molar-refractivity contribution in [2.75, 3.05) is 10.1 Å². The Balaban J connectivity index is 2.50. The van der Waals surface area contributed by atoms with Crippen LogP contribution in [0, 0.1) is 6.92 Å². The molecule has 21 heavy (non-hydrogen) atoms. The number of pyridine rings is 1. The first-order valence-corrected chi connectivity index (χ1v) is 8.00. The molecule has 2 aromatic rings. The van der Waals surface area contributed by atoms with Gasteiger partial charge in [-0.1, -0.05) is 29.3 Å². The number of hydrazine groups is 1. The van der Waals surface area contributed by atoms with Gasteiger partial charge in [-0.3, -0.25) is 4.72 Å². The minimum absolute atomic E-state index is 0.0184. The monoisotopic (exact) mass is 346 g/mol. The van der Waals surface area contributed by atoms with Gasteiger partial charge in [-0.15, -0.1) is 0 Å². The number of nitrogens with two attached hydrogens (primary N) is 1. The molecule has 0 bridgehead atoms. The first-order chi connectivity index (χ1) is 9.86. The number of hydrogen-bond donors (Lipinski definition) is 3. The molecule has 0 fully saturated rings. The van der Waals surface area contributed by atoms with E-state index >= 15 is 0 Å². The minimum Gasteiger partial charge on any atom is -0.307 e. The molecule has 1 aromatic carbocycles. The second-order valence-corrected chi connectivity index (χ2v) is 6.59. The van der Waals surface area contributed by atoms with Gasteiger partial charge in [0.2, 0.25) is 0 Å². The van der Waals surface area contributed by atoms with Gasteiger partial charge in [-0.05, 0) is 30.7 Å². The van der Waals surface area contributed by atoms with E-state index in [2.05, 4.69) is 15.1 Å². The van der Waals surface area contributed by atoms with Gasteiger partial charge in [-0.25, -0.2) is 19.2 Å². The van der Waals surface area contributed by atoms with E-state index in [1.54, 1.807) is 19.1 Å². The maximum absolute atomic E-state index is 12.4. The number of hydrogen-bond acceptors (Lipinski definition) is 5. The highest BCUT2D eigenvalue weighted by Gasteiger charge is 2.22. The fourth-order valence-corrected chi connectivity index (χ4v) is 3.45.